The number of benzene rings is 1. The standard InChI is InChI=1S/C21H30O2/c1-3-4-14-12-19(23)21(2)10-9-17-16-8-6-15(22)11-13(16)5-7-18(17)20(14)21/h6,8,11,14,17-20,22-23H,3-5,7,9-10,12H2,1-2H3/t14-,17-,18-,19+,20+,21-/m1/s1. The quantitative estimate of drug-likeness (QED) is 0.835. The normalized spacial score (nSPS) is 42.0. The van der Waals surface area contributed by atoms with Gasteiger partial charge in [-0.25, -0.2) is 0 Å². The lowest BCUT2D eigenvalue weighted by molar-refractivity contribution is -0.0304. The fraction of sp³-hybridized carbons (Fsp3) is 0.714. The third-order valence-electron chi connectivity index (χ3n) is 7.46. The molecular weight excluding hydrogens is 284 g/mol. The molecule has 2 nitrogen and oxygen atoms in total. The summed E-state index contributed by atoms with van der Waals surface area (Å²) in [6.07, 6.45) is 8.08. The summed E-state index contributed by atoms with van der Waals surface area (Å²) in [5, 5.41) is 20.6. The summed E-state index contributed by atoms with van der Waals surface area (Å²) in [6, 6.07) is 6.01. The van der Waals surface area contributed by atoms with Gasteiger partial charge in [0.2, 0.25) is 0 Å². The van der Waals surface area contributed by atoms with Gasteiger partial charge in [0.15, 0.2) is 0 Å². The van der Waals surface area contributed by atoms with Crippen molar-refractivity contribution in [1.82, 2.24) is 0 Å². The smallest absolute Gasteiger partial charge is 0.115 e. The fourth-order valence-electron chi connectivity index (χ4n) is 6.49. The van der Waals surface area contributed by atoms with E-state index in [1.54, 1.807) is 0 Å². The van der Waals surface area contributed by atoms with E-state index in [2.05, 4.69) is 19.9 Å². The Morgan fingerprint density at radius 1 is 1.26 bits per heavy atom. The van der Waals surface area contributed by atoms with Crippen LogP contribution >= 0.6 is 0 Å². The first kappa shape index (κ1) is 15.5. The Morgan fingerprint density at radius 2 is 2.09 bits per heavy atom. The van der Waals surface area contributed by atoms with Crippen LogP contribution in [0.3, 0.4) is 0 Å². The fourth-order valence-corrected chi connectivity index (χ4v) is 6.49. The SMILES string of the molecule is CCC[C@@H]1C[C@H](O)[C@@]2(C)CC[C@@H]3c4ccc(O)cc4CC[C@H]3[C@H]12. The Morgan fingerprint density at radius 3 is 2.87 bits per heavy atom. The number of aliphatic hydroxyl groups excluding tert-OH is 1. The summed E-state index contributed by atoms with van der Waals surface area (Å²) in [7, 11) is 0. The van der Waals surface area contributed by atoms with E-state index >= 15 is 0 Å². The van der Waals surface area contributed by atoms with Gasteiger partial charge < -0.3 is 10.2 Å². The van der Waals surface area contributed by atoms with E-state index in [0.717, 1.165) is 25.2 Å². The summed E-state index contributed by atoms with van der Waals surface area (Å²) in [5.74, 6) is 3.15. The van der Waals surface area contributed by atoms with Crippen molar-refractivity contribution in [3.8, 4) is 5.75 Å². The largest absolute Gasteiger partial charge is 0.508 e. The van der Waals surface area contributed by atoms with Crippen molar-refractivity contribution in [2.45, 2.75) is 70.8 Å². The van der Waals surface area contributed by atoms with Crippen molar-refractivity contribution in [1.29, 1.82) is 0 Å². The molecule has 126 valence electrons. The molecule has 3 aliphatic carbocycles. The van der Waals surface area contributed by atoms with Crippen molar-refractivity contribution in [2.75, 3.05) is 0 Å². The van der Waals surface area contributed by atoms with E-state index in [0.29, 0.717) is 23.5 Å². The Labute approximate surface area is 139 Å². The molecule has 0 aliphatic heterocycles. The number of fused-ring (bicyclic) bond motifs is 5. The molecule has 2 N–H and O–H groups in total. The van der Waals surface area contributed by atoms with Gasteiger partial charge in [-0.05, 0) is 84.5 Å². The first-order valence-electron chi connectivity index (χ1n) is 9.54. The highest BCUT2D eigenvalue weighted by Crippen LogP contribution is 2.63. The van der Waals surface area contributed by atoms with Crippen molar-refractivity contribution in [2.24, 2.45) is 23.2 Å². The lowest BCUT2D eigenvalue weighted by Gasteiger charge is -2.51. The molecule has 0 heterocycles. The van der Waals surface area contributed by atoms with Gasteiger partial charge in [-0.15, -0.1) is 0 Å². The number of hydrogen-bond acceptors (Lipinski definition) is 2. The van der Waals surface area contributed by atoms with E-state index in [1.165, 1.54) is 36.8 Å². The van der Waals surface area contributed by atoms with E-state index in [9.17, 15) is 10.2 Å². The van der Waals surface area contributed by atoms with Gasteiger partial charge in [-0.2, -0.15) is 0 Å². The van der Waals surface area contributed by atoms with Gasteiger partial charge >= 0.3 is 0 Å². The zero-order valence-electron chi connectivity index (χ0n) is 14.5. The van der Waals surface area contributed by atoms with Crippen LogP contribution in [0.2, 0.25) is 0 Å². The molecule has 2 saturated carbocycles. The molecule has 4 rings (SSSR count). The molecule has 1 aromatic carbocycles. The third kappa shape index (κ3) is 2.25. The first-order chi connectivity index (χ1) is 11.0. The average molecular weight is 314 g/mol. The molecule has 6 atom stereocenters. The number of phenols is 1. The molecule has 3 aliphatic rings. The van der Waals surface area contributed by atoms with Crippen LogP contribution in [-0.4, -0.2) is 16.3 Å². The molecular formula is C21H30O2. The number of phenolic OH excluding ortho intramolecular Hbond substituents is 1. The molecule has 2 fully saturated rings. The summed E-state index contributed by atoms with van der Waals surface area (Å²) in [6.45, 7) is 4.64. The number of rotatable bonds is 2. The van der Waals surface area contributed by atoms with Crippen LogP contribution < -0.4 is 0 Å². The molecule has 0 radical (unpaired) electrons. The molecule has 0 bridgehead atoms. The van der Waals surface area contributed by atoms with Crippen LogP contribution in [-0.2, 0) is 6.42 Å². The van der Waals surface area contributed by atoms with Gasteiger partial charge in [-0.3, -0.25) is 0 Å². The molecule has 0 unspecified atom stereocenters. The second kappa shape index (κ2) is 5.51. The summed E-state index contributed by atoms with van der Waals surface area (Å²) < 4.78 is 0. The minimum absolute atomic E-state index is 0.105. The van der Waals surface area contributed by atoms with Gasteiger partial charge in [0.1, 0.15) is 5.75 Å². The second-order valence-corrected chi connectivity index (χ2v) is 8.56. The van der Waals surface area contributed by atoms with E-state index in [1.807, 2.05) is 12.1 Å². The van der Waals surface area contributed by atoms with Crippen LogP contribution in [0, 0.1) is 23.2 Å². The maximum atomic E-state index is 10.8. The predicted octanol–water partition coefficient (Wildman–Crippen LogP) is 4.64. The zero-order chi connectivity index (χ0) is 16.2. The molecule has 0 spiro atoms. The van der Waals surface area contributed by atoms with Crippen molar-refractivity contribution >= 4 is 0 Å². The van der Waals surface area contributed by atoms with E-state index < -0.39 is 0 Å². The van der Waals surface area contributed by atoms with Gasteiger partial charge in [-0.1, -0.05) is 32.8 Å². The minimum atomic E-state index is -0.105. The molecule has 23 heavy (non-hydrogen) atoms. The van der Waals surface area contributed by atoms with Crippen molar-refractivity contribution in [3.05, 3.63) is 29.3 Å². The minimum Gasteiger partial charge on any atom is -0.508 e. The lowest BCUT2D eigenvalue weighted by atomic mass is 9.54. The third-order valence-corrected chi connectivity index (χ3v) is 7.46. The van der Waals surface area contributed by atoms with Gasteiger partial charge in [0, 0.05) is 0 Å². The van der Waals surface area contributed by atoms with Crippen LogP contribution in [0.25, 0.3) is 0 Å². The lowest BCUT2D eigenvalue weighted by Crippen LogP contribution is -2.45. The Hall–Kier alpha value is -1.02. The molecule has 0 aromatic heterocycles. The monoisotopic (exact) mass is 314 g/mol. The van der Waals surface area contributed by atoms with Gasteiger partial charge in [0.05, 0.1) is 6.10 Å². The zero-order valence-corrected chi connectivity index (χ0v) is 14.5. The number of aliphatic hydroxyl groups is 1. The number of hydrogen-bond donors (Lipinski definition) is 2. The maximum Gasteiger partial charge on any atom is 0.115 e. The van der Waals surface area contributed by atoms with Crippen LogP contribution in [0.4, 0.5) is 0 Å². The second-order valence-electron chi connectivity index (χ2n) is 8.56. The molecule has 1 aromatic rings. The highest BCUT2D eigenvalue weighted by Gasteiger charge is 2.57. The average Bonchev–Trinajstić information content (AvgIpc) is 2.78. The van der Waals surface area contributed by atoms with Crippen molar-refractivity contribution < 1.29 is 10.2 Å². The van der Waals surface area contributed by atoms with Crippen LogP contribution in [0.1, 0.15) is 69.4 Å². The number of aromatic hydroxyl groups is 1. The molecule has 2 heteroatoms. The van der Waals surface area contributed by atoms with Crippen LogP contribution in [0.5, 0.6) is 5.75 Å². The summed E-state index contributed by atoms with van der Waals surface area (Å²) in [4.78, 5) is 0. The Balaban J connectivity index is 1.70. The summed E-state index contributed by atoms with van der Waals surface area (Å²) in [5.41, 5.74) is 2.98. The predicted molar refractivity (Wildman–Crippen MR) is 92.5 cm³/mol. The molecule has 0 saturated heterocycles. The van der Waals surface area contributed by atoms with E-state index in [-0.39, 0.29) is 11.5 Å². The number of aryl methyl sites for hydroxylation is 1. The summed E-state index contributed by atoms with van der Waals surface area (Å²) >= 11 is 0. The first-order valence-corrected chi connectivity index (χ1v) is 9.54. The van der Waals surface area contributed by atoms with Crippen LogP contribution in [0.15, 0.2) is 18.2 Å². The molecule has 0 amide bonds. The van der Waals surface area contributed by atoms with Crippen molar-refractivity contribution in [3.63, 3.8) is 0 Å². The topological polar surface area (TPSA) is 40.5 Å². The maximum absolute atomic E-state index is 10.8. The highest BCUT2D eigenvalue weighted by atomic mass is 16.3. The Kier molecular flexibility index (Phi) is 3.72. The Bertz CT molecular complexity index is 596. The van der Waals surface area contributed by atoms with E-state index in [4.69, 9.17) is 0 Å². The highest BCUT2D eigenvalue weighted by molar-refractivity contribution is 5.40. The van der Waals surface area contributed by atoms with Gasteiger partial charge in [0.25, 0.3) is 0 Å².